The number of carbonyl (C=O) groups is 2. The number of nitrogens with one attached hydrogen (secondary N) is 2. The van der Waals surface area contributed by atoms with Crippen LogP contribution in [-0.2, 0) is 11.4 Å². The lowest BCUT2D eigenvalue weighted by Crippen LogP contribution is -2.38. The first-order valence-corrected chi connectivity index (χ1v) is 10.6. The molecule has 4 N–H and O–H groups in total. The van der Waals surface area contributed by atoms with Crippen LogP contribution in [0, 0.1) is 5.82 Å². The Morgan fingerprint density at radius 2 is 1.97 bits per heavy atom. The number of hydrogen-bond donors (Lipinski definition) is 4. The lowest BCUT2D eigenvalue weighted by atomic mass is 10.1. The highest BCUT2D eigenvalue weighted by atomic mass is 19.1. The van der Waals surface area contributed by atoms with Crippen LogP contribution >= 0.6 is 0 Å². The van der Waals surface area contributed by atoms with E-state index in [1.807, 2.05) is 0 Å². The monoisotopic (exact) mass is 440 g/mol. The summed E-state index contributed by atoms with van der Waals surface area (Å²) in [5, 5.41) is 22.7. The van der Waals surface area contributed by atoms with E-state index < -0.39 is 17.8 Å². The summed E-state index contributed by atoms with van der Waals surface area (Å²) in [5.41, 5.74) is 1.94. The van der Waals surface area contributed by atoms with Gasteiger partial charge in [-0.1, -0.05) is 18.2 Å². The van der Waals surface area contributed by atoms with Crippen LogP contribution in [0.4, 0.5) is 4.39 Å². The molecule has 8 nitrogen and oxygen atoms in total. The average molecular weight is 440 g/mol. The van der Waals surface area contributed by atoms with Crippen molar-refractivity contribution in [2.24, 2.45) is 0 Å². The lowest BCUT2D eigenvalue weighted by Gasteiger charge is -2.24. The number of rotatable bonds is 5. The lowest BCUT2D eigenvalue weighted by molar-refractivity contribution is -0.140. The highest BCUT2D eigenvalue weighted by Gasteiger charge is 2.27. The van der Waals surface area contributed by atoms with Crippen LogP contribution in [0.3, 0.4) is 0 Å². The van der Waals surface area contributed by atoms with Crippen LogP contribution in [-0.4, -0.2) is 56.0 Å². The van der Waals surface area contributed by atoms with Gasteiger partial charge in [0.1, 0.15) is 23.8 Å². The van der Waals surface area contributed by atoms with Crippen LogP contribution < -0.4 is 5.32 Å². The molecule has 1 saturated heterocycles. The first-order chi connectivity index (χ1) is 15.5. The summed E-state index contributed by atoms with van der Waals surface area (Å²) >= 11 is 0. The van der Waals surface area contributed by atoms with Gasteiger partial charge in [0.2, 0.25) is 0 Å². The zero-order valence-electron chi connectivity index (χ0n) is 17.4. The first-order valence-electron chi connectivity index (χ1n) is 10.6. The molecule has 168 valence electrons. The second-order valence-corrected chi connectivity index (χ2v) is 7.92. The van der Waals surface area contributed by atoms with Crippen molar-refractivity contribution >= 4 is 22.8 Å². The van der Waals surface area contributed by atoms with E-state index in [0.717, 1.165) is 0 Å². The highest BCUT2D eigenvalue weighted by Crippen LogP contribution is 2.21. The molecule has 0 spiro atoms. The smallest absolute Gasteiger partial charge is 0.256 e. The van der Waals surface area contributed by atoms with Crippen molar-refractivity contribution in [2.45, 2.75) is 38.0 Å². The Bertz CT molecular complexity index is 1110. The van der Waals surface area contributed by atoms with Crippen LogP contribution in [0.25, 0.3) is 11.0 Å². The number of carbonyl (C=O) groups excluding carboxylic acids is 2. The number of likely N-dealkylation sites (tertiary alicyclic amines) is 1. The third kappa shape index (κ3) is 4.63. The molecule has 0 aliphatic carbocycles. The molecule has 3 aromatic rings. The topological polar surface area (TPSA) is 119 Å². The summed E-state index contributed by atoms with van der Waals surface area (Å²) in [7, 11) is 0. The largest absolute Gasteiger partial charge is 0.388 e. The van der Waals surface area contributed by atoms with Crippen molar-refractivity contribution < 1.29 is 24.2 Å². The maximum absolute atomic E-state index is 13.1. The molecule has 2 heterocycles. The number of H-pyrrole nitrogens is 1. The highest BCUT2D eigenvalue weighted by molar-refractivity contribution is 6.05. The number of nitrogens with zero attached hydrogens (tertiary/aromatic N) is 2. The Kier molecular flexibility index (Phi) is 6.48. The normalized spacial score (nSPS) is 17.7. The molecular weight excluding hydrogens is 415 g/mol. The number of benzene rings is 2. The Morgan fingerprint density at radius 3 is 2.72 bits per heavy atom. The number of para-hydroxylation sites is 1. The van der Waals surface area contributed by atoms with Gasteiger partial charge in [-0.2, -0.15) is 0 Å². The molecule has 1 aliphatic heterocycles. The molecule has 32 heavy (non-hydrogen) atoms. The molecule has 0 saturated carbocycles. The third-order valence-electron chi connectivity index (χ3n) is 5.75. The zero-order chi connectivity index (χ0) is 22.7. The maximum atomic E-state index is 13.1. The average Bonchev–Trinajstić information content (AvgIpc) is 3.10. The van der Waals surface area contributed by atoms with Gasteiger partial charge >= 0.3 is 0 Å². The van der Waals surface area contributed by atoms with Crippen LogP contribution in [0.1, 0.15) is 47.1 Å². The third-order valence-corrected chi connectivity index (χ3v) is 5.75. The summed E-state index contributed by atoms with van der Waals surface area (Å²) in [6, 6.07) is 10.3. The van der Waals surface area contributed by atoms with Crippen molar-refractivity contribution in [2.75, 3.05) is 13.1 Å². The second kappa shape index (κ2) is 9.46. The molecule has 0 bridgehead atoms. The molecule has 9 heteroatoms. The molecule has 2 amide bonds. The van der Waals surface area contributed by atoms with Gasteiger partial charge < -0.3 is 25.4 Å². The SMILES string of the molecule is O=C(NC1CCCN(C(=O)C(O)c2ccc(F)cc2)CC1)c1cccc2[nH]c(CO)nc12. The molecule has 2 atom stereocenters. The number of halogens is 1. The second-order valence-electron chi connectivity index (χ2n) is 7.92. The van der Waals surface area contributed by atoms with E-state index in [-0.39, 0.29) is 18.6 Å². The number of hydrogen-bond acceptors (Lipinski definition) is 5. The summed E-state index contributed by atoms with van der Waals surface area (Å²) in [4.78, 5) is 34.5. The fraction of sp³-hybridized carbons (Fsp3) is 0.348. The van der Waals surface area contributed by atoms with Crippen molar-refractivity contribution in [3.8, 4) is 0 Å². The standard InChI is InChI=1S/C23H25FN4O4/c24-15-8-6-14(7-9-15)21(30)23(32)28-11-2-3-16(10-12-28)25-22(31)17-4-1-5-18-20(17)27-19(13-29)26-18/h1,4-9,16,21,29-30H,2-3,10-13H2,(H,25,31)(H,26,27). The van der Waals surface area contributed by atoms with Crippen molar-refractivity contribution in [3.05, 3.63) is 65.2 Å². The van der Waals surface area contributed by atoms with E-state index in [4.69, 9.17) is 0 Å². The van der Waals surface area contributed by atoms with Crippen LogP contribution in [0.15, 0.2) is 42.5 Å². The first kappa shape index (κ1) is 21.9. The molecule has 1 aliphatic rings. The van der Waals surface area contributed by atoms with Crippen molar-refractivity contribution in [1.29, 1.82) is 0 Å². The Hall–Kier alpha value is -3.30. The van der Waals surface area contributed by atoms with Crippen molar-refractivity contribution in [1.82, 2.24) is 20.2 Å². The predicted octanol–water partition coefficient (Wildman–Crippen LogP) is 2.04. The minimum absolute atomic E-state index is 0.130. The Balaban J connectivity index is 1.39. The molecule has 2 unspecified atom stereocenters. The number of aromatic nitrogens is 2. The van der Waals surface area contributed by atoms with Gasteiger partial charge in [-0.25, -0.2) is 9.37 Å². The van der Waals surface area contributed by atoms with E-state index in [1.165, 1.54) is 24.3 Å². The minimum atomic E-state index is -1.35. The van der Waals surface area contributed by atoms with E-state index in [9.17, 15) is 24.2 Å². The van der Waals surface area contributed by atoms with Gasteiger partial charge in [0.25, 0.3) is 11.8 Å². The number of aliphatic hydroxyl groups excluding tert-OH is 2. The summed E-state index contributed by atoms with van der Waals surface area (Å²) in [6.07, 6.45) is 0.570. The van der Waals surface area contributed by atoms with Gasteiger partial charge in [0.15, 0.2) is 6.10 Å². The molecular formula is C23H25FN4O4. The maximum Gasteiger partial charge on any atom is 0.256 e. The fourth-order valence-corrected chi connectivity index (χ4v) is 4.03. The van der Waals surface area contributed by atoms with E-state index in [0.29, 0.717) is 60.3 Å². The van der Waals surface area contributed by atoms with Crippen molar-refractivity contribution in [3.63, 3.8) is 0 Å². The number of fused-ring (bicyclic) bond motifs is 1. The van der Waals surface area contributed by atoms with Gasteiger partial charge in [0, 0.05) is 19.1 Å². The molecule has 4 rings (SSSR count). The fourth-order valence-electron chi connectivity index (χ4n) is 4.03. The summed E-state index contributed by atoms with van der Waals surface area (Å²) < 4.78 is 13.1. The van der Waals surface area contributed by atoms with E-state index in [2.05, 4.69) is 15.3 Å². The number of aliphatic hydroxyl groups is 2. The zero-order valence-corrected chi connectivity index (χ0v) is 17.4. The predicted molar refractivity (Wildman–Crippen MR) is 115 cm³/mol. The number of amides is 2. The number of aromatic amines is 1. The molecule has 1 fully saturated rings. The summed E-state index contributed by atoms with van der Waals surface area (Å²) in [5.74, 6) is -0.729. The van der Waals surface area contributed by atoms with Crippen LogP contribution in [0.2, 0.25) is 0 Å². The molecule has 2 aromatic carbocycles. The quantitative estimate of drug-likeness (QED) is 0.484. The van der Waals surface area contributed by atoms with Crippen LogP contribution in [0.5, 0.6) is 0 Å². The Labute approximate surface area is 184 Å². The molecule has 0 radical (unpaired) electrons. The van der Waals surface area contributed by atoms with E-state index in [1.54, 1.807) is 23.1 Å². The van der Waals surface area contributed by atoms with E-state index >= 15 is 0 Å². The summed E-state index contributed by atoms with van der Waals surface area (Å²) in [6.45, 7) is 0.619. The van der Waals surface area contributed by atoms with Gasteiger partial charge in [-0.3, -0.25) is 9.59 Å². The van der Waals surface area contributed by atoms with Gasteiger partial charge in [-0.15, -0.1) is 0 Å². The number of imidazole rings is 1. The minimum Gasteiger partial charge on any atom is -0.388 e. The van der Waals surface area contributed by atoms with Gasteiger partial charge in [0.05, 0.1) is 11.1 Å². The Morgan fingerprint density at radius 1 is 1.19 bits per heavy atom. The molecule has 1 aromatic heterocycles. The van der Waals surface area contributed by atoms with Gasteiger partial charge in [-0.05, 0) is 49.1 Å².